The van der Waals surface area contributed by atoms with Gasteiger partial charge in [0.05, 0.1) is 37.4 Å². The normalized spacial score (nSPS) is 14.9. The van der Waals surface area contributed by atoms with Crippen LogP contribution in [0.25, 0.3) is 10.8 Å². The number of hydrogen-bond donors (Lipinski definition) is 2. The largest absolute Gasteiger partial charge is 0.493 e. The SMILES string of the molecule is CC1(COc2ccc3c(Nc4cnc(Cl)c(NC(=O)OC(C)(C)C)c4)nccc3c2)COC1. The Bertz CT molecular complexity index is 1170. The second kappa shape index (κ2) is 9.03. The summed E-state index contributed by atoms with van der Waals surface area (Å²) in [6.07, 6.45) is 2.68. The number of halogens is 1. The van der Waals surface area contributed by atoms with Crippen LogP contribution in [0.15, 0.2) is 42.7 Å². The van der Waals surface area contributed by atoms with Crippen LogP contribution in [0.4, 0.5) is 22.0 Å². The molecule has 1 saturated heterocycles. The third kappa shape index (κ3) is 5.83. The van der Waals surface area contributed by atoms with Crippen LogP contribution in [0.3, 0.4) is 0 Å². The number of benzene rings is 1. The molecule has 1 aliphatic heterocycles. The minimum atomic E-state index is -0.626. The standard InChI is InChI=1S/C24H27ClN4O4/c1-23(2,3)33-22(30)29-19-10-16(11-27-20(19)25)28-21-18-6-5-17(9-15(18)7-8-26-21)32-14-24(4)12-31-13-24/h5-11H,12-14H2,1-4H3,(H,26,28)(H,29,30). The number of pyridine rings is 2. The number of amides is 1. The first-order valence-electron chi connectivity index (χ1n) is 10.6. The molecule has 0 unspecified atom stereocenters. The zero-order valence-electron chi connectivity index (χ0n) is 19.1. The summed E-state index contributed by atoms with van der Waals surface area (Å²) in [7, 11) is 0. The summed E-state index contributed by atoms with van der Waals surface area (Å²) < 4.78 is 16.6. The van der Waals surface area contributed by atoms with E-state index >= 15 is 0 Å². The second-order valence-corrected chi connectivity index (χ2v) is 9.81. The Labute approximate surface area is 197 Å². The van der Waals surface area contributed by atoms with Gasteiger partial charge in [0.15, 0.2) is 5.15 Å². The average molecular weight is 471 g/mol. The van der Waals surface area contributed by atoms with Crippen molar-refractivity contribution in [2.75, 3.05) is 30.5 Å². The van der Waals surface area contributed by atoms with E-state index < -0.39 is 11.7 Å². The molecule has 8 nitrogen and oxygen atoms in total. The molecule has 2 N–H and O–H groups in total. The van der Waals surface area contributed by atoms with Crippen molar-refractivity contribution < 1.29 is 19.0 Å². The first kappa shape index (κ1) is 23.1. The molecule has 0 bridgehead atoms. The highest BCUT2D eigenvalue weighted by molar-refractivity contribution is 6.32. The number of rotatable bonds is 6. The first-order valence-corrected chi connectivity index (χ1v) is 11.0. The number of ether oxygens (including phenoxy) is 3. The van der Waals surface area contributed by atoms with E-state index in [2.05, 4.69) is 27.5 Å². The zero-order chi connectivity index (χ0) is 23.6. The molecule has 174 valence electrons. The van der Waals surface area contributed by atoms with Crippen LogP contribution in [-0.2, 0) is 9.47 Å². The van der Waals surface area contributed by atoms with E-state index in [1.807, 2.05) is 24.3 Å². The summed E-state index contributed by atoms with van der Waals surface area (Å²) in [5, 5.41) is 7.93. The predicted octanol–water partition coefficient (Wildman–Crippen LogP) is 5.79. The lowest BCUT2D eigenvalue weighted by atomic mass is 9.90. The summed E-state index contributed by atoms with van der Waals surface area (Å²) in [5.41, 5.74) is 0.398. The van der Waals surface area contributed by atoms with Crippen LogP contribution in [0.2, 0.25) is 5.15 Å². The number of fused-ring (bicyclic) bond motifs is 1. The van der Waals surface area contributed by atoms with Crippen LogP contribution < -0.4 is 15.4 Å². The van der Waals surface area contributed by atoms with Crippen LogP contribution in [-0.4, -0.2) is 41.5 Å². The molecule has 1 aromatic carbocycles. The number of carbonyl (C=O) groups is 1. The van der Waals surface area contributed by atoms with Gasteiger partial charge in [0.2, 0.25) is 0 Å². The Hall–Kier alpha value is -3.10. The van der Waals surface area contributed by atoms with Crippen molar-refractivity contribution in [1.29, 1.82) is 0 Å². The van der Waals surface area contributed by atoms with E-state index in [9.17, 15) is 4.79 Å². The van der Waals surface area contributed by atoms with E-state index in [1.165, 1.54) is 0 Å². The smallest absolute Gasteiger partial charge is 0.412 e. The van der Waals surface area contributed by atoms with Crippen molar-refractivity contribution in [3.05, 3.63) is 47.9 Å². The quantitative estimate of drug-likeness (QED) is 0.440. The Kier molecular flexibility index (Phi) is 6.32. The van der Waals surface area contributed by atoms with Gasteiger partial charge in [0, 0.05) is 17.0 Å². The fourth-order valence-corrected chi connectivity index (χ4v) is 3.44. The fraction of sp³-hybridized carbons (Fsp3) is 0.375. The number of hydrogen-bond acceptors (Lipinski definition) is 7. The molecule has 0 radical (unpaired) electrons. The predicted molar refractivity (Wildman–Crippen MR) is 129 cm³/mol. The van der Waals surface area contributed by atoms with Gasteiger partial charge in [0.25, 0.3) is 0 Å². The highest BCUT2D eigenvalue weighted by Gasteiger charge is 2.34. The van der Waals surface area contributed by atoms with Gasteiger partial charge in [-0.1, -0.05) is 18.5 Å². The minimum absolute atomic E-state index is 0.0759. The molecule has 1 fully saturated rings. The molecule has 1 amide bonds. The maximum Gasteiger partial charge on any atom is 0.412 e. The molecule has 1 aliphatic rings. The summed E-state index contributed by atoms with van der Waals surface area (Å²) in [5.74, 6) is 1.44. The van der Waals surface area contributed by atoms with E-state index in [0.29, 0.717) is 23.8 Å². The van der Waals surface area contributed by atoms with Crippen molar-refractivity contribution in [2.45, 2.75) is 33.3 Å². The molecule has 3 heterocycles. The van der Waals surface area contributed by atoms with Gasteiger partial charge in [0.1, 0.15) is 17.2 Å². The van der Waals surface area contributed by atoms with E-state index in [1.54, 1.807) is 39.2 Å². The number of anilines is 3. The topological polar surface area (TPSA) is 94.6 Å². The molecular weight excluding hydrogens is 444 g/mol. The van der Waals surface area contributed by atoms with Gasteiger partial charge in [-0.25, -0.2) is 14.8 Å². The fourth-order valence-electron chi connectivity index (χ4n) is 3.29. The Morgan fingerprint density at radius 3 is 2.70 bits per heavy atom. The van der Waals surface area contributed by atoms with E-state index in [-0.39, 0.29) is 10.6 Å². The minimum Gasteiger partial charge on any atom is -0.493 e. The molecule has 2 aromatic heterocycles. The molecule has 0 saturated carbocycles. The average Bonchev–Trinajstić information content (AvgIpc) is 2.72. The van der Waals surface area contributed by atoms with Crippen LogP contribution in [0.5, 0.6) is 5.75 Å². The molecule has 4 rings (SSSR count). The zero-order valence-corrected chi connectivity index (χ0v) is 19.8. The van der Waals surface area contributed by atoms with E-state index in [4.69, 9.17) is 25.8 Å². The third-order valence-corrected chi connectivity index (χ3v) is 5.26. The third-order valence-electron chi connectivity index (χ3n) is 4.96. The molecule has 3 aromatic rings. The van der Waals surface area contributed by atoms with Gasteiger partial charge in [-0.05, 0) is 56.5 Å². The number of aromatic nitrogens is 2. The molecule has 9 heteroatoms. The van der Waals surface area contributed by atoms with Crippen LogP contribution in [0.1, 0.15) is 27.7 Å². The molecule has 0 aliphatic carbocycles. The van der Waals surface area contributed by atoms with Crippen molar-refractivity contribution in [1.82, 2.24) is 9.97 Å². The lowest BCUT2D eigenvalue weighted by Gasteiger charge is -2.37. The van der Waals surface area contributed by atoms with Gasteiger partial charge in [-0.15, -0.1) is 0 Å². The van der Waals surface area contributed by atoms with Crippen LogP contribution in [0, 0.1) is 5.41 Å². The van der Waals surface area contributed by atoms with Crippen molar-refractivity contribution >= 4 is 45.7 Å². The lowest BCUT2D eigenvalue weighted by Crippen LogP contribution is -2.44. The molecule has 0 spiro atoms. The maximum atomic E-state index is 12.1. The number of carbonyl (C=O) groups excluding carboxylic acids is 1. The molecular formula is C24H27ClN4O4. The summed E-state index contributed by atoms with van der Waals surface area (Å²) in [6, 6.07) is 9.48. The summed E-state index contributed by atoms with van der Waals surface area (Å²) >= 11 is 6.16. The Morgan fingerprint density at radius 2 is 2.00 bits per heavy atom. The summed E-state index contributed by atoms with van der Waals surface area (Å²) in [4.78, 5) is 20.7. The summed E-state index contributed by atoms with van der Waals surface area (Å²) in [6.45, 7) is 9.56. The van der Waals surface area contributed by atoms with Crippen molar-refractivity contribution in [3.8, 4) is 5.75 Å². The molecule has 0 atom stereocenters. The Balaban J connectivity index is 1.50. The number of nitrogens with zero attached hydrogens (tertiary/aromatic N) is 2. The Morgan fingerprint density at radius 1 is 1.21 bits per heavy atom. The first-order chi connectivity index (χ1) is 15.6. The van der Waals surface area contributed by atoms with Gasteiger partial charge in [-0.3, -0.25) is 5.32 Å². The second-order valence-electron chi connectivity index (χ2n) is 9.45. The van der Waals surface area contributed by atoms with E-state index in [0.717, 1.165) is 29.7 Å². The van der Waals surface area contributed by atoms with Crippen molar-refractivity contribution in [3.63, 3.8) is 0 Å². The van der Waals surface area contributed by atoms with Gasteiger partial charge in [-0.2, -0.15) is 0 Å². The molecule has 33 heavy (non-hydrogen) atoms. The van der Waals surface area contributed by atoms with Gasteiger partial charge < -0.3 is 19.5 Å². The highest BCUT2D eigenvalue weighted by atomic mass is 35.5. The van der Waals surface area contributed by atoms with Gasteiger partial charge >= 0.3 is 6.09 Å². The lowest BCUT2D eigenvalue weighted by molar-refractivity contribution is -0.120. The monoisotopic (exact) mass is 470 g/mol. The number of nitrogens with one attached hydrogen (secondary N) is 2. The van der Waals surface area contributed by atoms with Crippen LogP contribution >= 0.6 is 11.6 Å². The highest BCUT2D eigenvalue weighted by Crippen LogP contribution is 2.32. The maximum absolute atomic E-state index is 12.1. The van der Waals surface area contributed by atoms with Crippen molar-refractivity contribution in [2.24, 2.45) is 5.41 Å².